The Morgan fingerprint density at radius 1 is 1.23 bits per heavy atom. The fraction of sp³-hybridized carbons (Fsp3) is 0.190. The second-order valence-electron chi connectivity index (χ2n) is 6.02. The van der Waals surface area contributed by atoms with E-state index in [0.717, 1.165) is 22.4 Å². The number of Topliss-reactive ketones (excluding diaryl/α,β-unsaturated/α-hetero) is 1. The van der Waals surface area contributed by atoms with Gasteiger partial charge in [0, 0.05) is 10.9 Å². The number of hydrogen-bond donors (Lipinski definition) is 0. The number of hydrogen-bond acceptors (Lipinski definition) is 5. The van der Waals surface area contributed by atoms with Gasteiger partial charge in [-0.25, -0.2) is 4.98 Å². The van der Waals surface area contributed by atoms with E-state index in [1.165, 1.54) is 11.3 Å². The molecule has 3 rings (SSSR count). The van der Waals surface area contributed by atoms with Gasteiger partial charge >= 0.3 is 0 Å². The number of aryl methyl sites for hydroxylation is 2. The van der Waals surface area contributed by atoms with E-state index in [-0.39, 0.29) is 12.4 Å². The lowest BCUT2D eigenvalue weighted by atomic mass is 10.1. The molecule has 0 radical (unpaired) electrons. The third kappa shape index (κ3) is 3.98. The maximum Gasteiger partial charge on any atom is 0.194 e. The molecule has 4 nitrogen and oxygen atoms in total. The number of carbonyl (C=O) groups excluding carboxylic acids is 1. The molecule has 0 aliphatic heterocycles. The van der Waals surface area contributed by atoms with Crippen LogP contribution in [-0.2, 0) is 4.79 Å². The van der Waals surface area contributed by atoms with Crippen molar-refractivity contribution < 1.29 is 9.53 Å². The first-order valence-corrected chi connectivity index (χ1v) is 9.09. The van der Waals surface area contributed by atoms with E-state index in [4.69, 9.17) is 4.74 Å². The maximum atomic E-state index is 12.5. The molecule has 26 heavy (non-hydrogen) atoms. The molecule has 0 saturated carbocycles. The maximum absolute atomic E-state index is 12.5. The first kappa shape index (κ1) is 17.8. The summed E-state index contributed by atoms with van der Waals surface area (Å²) in [5.74, 6) is -0.538. The summed E-state index contributed by atoms with van der Waals surface area (Å²) >= 11 is 1.32. The van der Waals surface area contributed by atoms with E-state index >= 15 is 0 Å². The van der Waals surface area contributed by atoms with Crippen molar-refractivity contribution in [3.05, 3.63) is 70.0 Å². The number of nitriles is 1. The summed E-state index contributed by atoms with van der Waals surface area (Å²) in [6.07, 6.45) is 0. The molecular formula is C21H18N2O2S. The lowest BCUT2D eigenvalue weighted by Gasteiger charge is -2.10. The van der Waals surface area contributed by atoms with Crippen molar-refractivity contribution in [3.8, 4) is 23.1 Å². The average molecular weight is 362 g/mol. The zero-order valence-corrected chi connectivity index (χ0v) is 15.4. The molecule has 1 aromatic heterocycles. The molecular weight excluding hydrogens is 344 g/mol. The number of carbonyl (C=O) groups is 1. The van der Waals surface area contributed by atoms with Gasteiger partial charge in [0.15, 0.2) is 11.7 Å². The monoisotopic (exact) mass is 362 g/mol. The topological polar surface area (TPSA) is 63.0 Å². The minimum Gasteiger partial charge on any atom is -0.485 e. The van der Waals surface area contributed by atoms with Crippen LogP contribution in [0.4, 0.5) is 0 Å². The number of benzene rings is 2. The molecule has 1 heterocycles. The number of rotatable bonds is 6. The van der Waals surface area contributed by atoms with Crippen LogP contribution in [0.15, 0.2) is 53.9 Å². The summed E-state index contributed by atoms with van der Waals surface area (Å²) in [4.78, 5) is 17.0. The van der Waals surface area contributed by atoms with Gasteiger partial charge in [-0.1, -0.05) is 42.5 Å². The standard InChI is InChI=1S/C21H18N2O2S/c1-14-8-9-15(2)20(10-14)25-12-19(24)17(11-22)21-23-18(13-26-21)16-6-4-3-5-7-16/h3-10,13,17H,12H2,1-2H3. The highest BCUT2D eigenvalue weighted by atomic mass is 32.1. The van der Waals surface area contributed by atoms with Crippen LogP contribution in [0.3, 0.4) is 0 Å². The minimum absolute atomic E-state index is 0.150. The molecule has 3 aromatic rings. The van der Waals surface area contributed by atoms with Crippen LogP contribution >= 0.6 is 11.3 Å². The summed E-state index contributed by atoms with van der Waals surface area (Å²) < 4.78 is 5.65. The van der Waals surface area contributed by atoms with Crippen LogP contribution in [0.25, 0.3) is 11.3 Å². The Balaban J connectivity index is 1.73. The highest BCUT2D eigenvalue weighted by Crippen LogP contribution is 2.27. The molecule has 5 heteroatoms. The van der Waals surface area contributed by atoms with Crippen LogP contribution in [0.5, 0.6) is 5.75 Å². The van der Waals surface area contributed by atoms with Crippen molar-refractivity contribution in [2.24, 2.45) is 0 Å². The van der Waals surface area contributed by atoms with E-state index in [1.54, 1.807) is 0 Å². The zero-order chi connectivity index (χ0) is 18.5. The molecule has 0 spiro atoms. The van der Waals surface area contributed by atoms with Gasteiger partial charge in [0.1, 0.15) is 17.4 Å². The number of ether oxygens (including phenoxy) is 1. The summed E-state index contributed by atoms with van der Waals surface area (Å²) in [5, 5.41) is 11.8. The minimum atomic E-state index is -0.914. The highest BCUT2D eigenvalue weighted by molar-refractivity contribution is 7.10. The van der Waals surface area contributed by atoms with Crippen molar-refractivity contribution in [2.45, 2.75) is 19.8 Å². The van der Waals surface area contributed by atoms with Crippen molar-refractivity contribution in [3.63, 3.8) is 0 Å². The SMILES string of the molecule is Cc1ccc(C)c(OCC(=O)C(C#N)c2nc(-c3ccccc3)cs2)c1. The molecule has 130 valence electrons. The Morgan fingerprint density at radius 3 is 2.73 bits per heavy atom. The van der Waals surface area contributed by atoms with Gasteiger partial charge in [0.25, 0.3) is 0 Å². The van der Waals surface area contributed by atoms with E-state index in [2.05, 4.69) is 11.1 Å². The summed E-state index contributed by atoms with van der Waals surface area (Å²) in [6.45, 7) is 3.74. The van der Waals surface area contributed by atoms with Gasteiger partial charge in [-0.2, -0.15) is 5.26 Å². The van der Waals surface area contributed by atoms with E-state index in [0.29, 0.717) is 10.8 Å². The van der Waals surface area contributed by atoms with Gasteiger partial charge < -0.3 is 4.74 Å². The summed E-state index contributed by atoms with van der Waals surface area (Å²) in [5.41, 5.74) is 3.75. The second kappa shape index (κ2) is 7.94. The van der Waals surface area contributed by atoms with E-state index < -0.39 is 5.92 Å². The van der Waals surface area contributed by atoms with Crippen LogP contribution in [0, 0.1) is 25.2 Å². The number of nitrogens with zero attached hydrogens (tertiary/aromatic N) is 2. The number of aromatic nitrogens is 1. The highest BCUT2D eigenvalue weighted by Gasteiger charge is 2.24. The lowest BCUT2D eigenvalue weighted by Crippen LogP contribution is -2.19. The molecule has 0 fully saturated rings. The summed E-state index contributed by atoms with van der Waals surface area (Å²) in [6, 6.07) is 17.6. The fourth-order valence-corrected chi connectivity index (χ4v) is 3.41. The normalized spacial score (nSPS) is 11.6. The Kier molecular flexibility index (Phi) is 5.45. The molecule has 1 unspecified atom stereocenters. The number of ketones is 1. The van der Waals surface area contributed by atoms with Gasteiger partial charge in [0.05, 0.1) is 11.8 Å². The molecule has 0 bridgehead atoms. The Labute approximate surface area is 156 Å². The van der Waals surface area contributed by atoms with Crippen LogP contribution in [0.2, 0.25) is 0 Å². The van der Waals surface area contributed by atoms with Gasteiger partial charge in [0.2, 0.25) is 0 Å². The van der Waals surface area contributed by atoms with Crippen molar-refractivity contribution in [2.75, 3.05) is 6.61 Å². The van der Waals surface area contributed by atoms with E-state index in [9.17, 15) is 10.1 Å². The molecule has 1 atom stereocenters. The van der Waals surface area contributed by atoms with E-state index in [1.807, 2.05) is 67.8 Å². The Bertz CT molecular complexity index is 958. The Morgan fingerprint density at radius 2 is 2.00 bits per heavy atom. The quantitative estimate of drug-likeness (QED) is 0.638. The molecule has 0 aliphatic rings. The first-order valence-electron chi connectivity index (χ1n) is 8.21. The third-order valence-electron chi connectivity index (χ3n) is 4.00. The first-order chi connectivity index (χ1) is 12.6. The summed E-state index contributed by atoms with van der Waals surface area (Å²) in [7, 11) is 0. The van der Waals surface area contributed by atoms with Crippen molar-refractivity contribution in [1.29, 1.82) is 5.26 Å². The van der Waals surface area contributed by atoms with Gasteiger partial charge in [-0.15, -0.1) is 11.3 Å². The van der Waals surface area contributed by atoms with Crippen molar-refractivity contribution >= 4 is 17.1 Å². The zero-order valence-electron chi connectivity index (χ0n) is 14.6. The smallest absolute Gasteiger partial charge is 0.194 e. The van der Waals surface area contributed by atoms with Crippen LogP contribution in [-0.4, -0.2) is 17.4 Å². The average Bonchev–Trinajstić information content (AvgIpc) is 3.13. The molecule has 0 aliphatic carbocycles. The van der Waals surface area contributed by atoms with Gasteiger partial charge in [-0.05, 0) is 31.0 Å². The van der Waals surface area contributed by atoms with Crippen LogP contribution in [0.1, 0.15) is 22.1 Å². The molecule has 2 aromatic carbocycles. The predicted molar refractivity (Wildman–Crippen MR) is 102 cm³/mol. The largest absolute Gasteiger partial charge is 0.485 e. The van der Waals surface area contributed by atoms with Crippen LogP contribution < -0.4 is 4.74 Å². The van der Waals surface area contributed by atoms with Gasteiger partial charge in [-0.3, -0.25) is 4.79 Å². The molecule has 0 saturated heterocycles. The molecule has 0 amide bonds. The Hall–Kier alpha value is -2.97. The third-order valence-corrected chi connectivity index (χ3v) is 4.91. The lowest BCUT2D eigenvalue weighted by molar-refractivity contribution is -0.121. The fourth-order valence-electron chi connectivity index (χ4n) is 2.52. The second-order valence-corrected chi connectivity index (χ2v) is 6.91. The van der Waals surface area contributed by atoms with Crippen molar-refractivity contribution in [1.82, 2.24) is 4.98 Å². The molecule has 0 N–H and O–H groups in total. The number of thiazole rings is 1. The predicted octanol–water partition coefficient (Wildman–Crippen LogP) is 4.68.